The molecule has 2 unspecified atom stereocenters. The van der Waals surface area contributed by atoms with Gasteiger partial charge in [0, 0.05) is 54.8 Å². The van der Waals surface area contributed by atoms with Crippen LogP contribution in [-0.2, 0) is 66.8 Å². The number of hydrogen-bond acceptors (Lipinski definition) is 22. The summed E-state index contributed by atoms with van der Waals surface area (Å²) in [5.41, 5.74) is 3.84. The number of ether oxygens (including phenoxy) is 6. The van der Waals surface area contributed by atoms with Crippen LogP contribution in [0.2, 0.25) is 5.02 Å². The van der Waals surface area contributed by atoms with Crippen LogP contribution in [0.25, 0.3) is 5.00 Å². The quantitative estimate of drug-likeness (QED) is 0.0150. The fourth-order valence-corrected chi connectivity index (χ4v) is 10.9. The molecule has 1 saturated heterocycles. The van der Waals surface area contributed by atoms with Gasteiger partial charge in [-0.25, -0.2) is 0 Å². The van der Waals surface area contributed by atoms with E-state index in [0.717, 1.165) is 51.1 Å². The van der Waals surface area contributed by atoms with Crippen molar-refractivity contribution in [3.8, 4) is 10.8 Å². The Morgan fingerprint density at radius 3 is 2.13 bits per heavy atom. The van der Waals surface area contributed by atoms with Gasteiger partial charge in [0.15, 0.2) is 12.1 Å². The Hall–Kier alpha value is -8.93. The summed E-state index contributed by atoms with van der Waals surface area (Å²) < 4.78 is 33.7. The Morgan fingerprint density at radius 2 is 1.54 bits per heavy atom. The monoisotopic (exact) mass is 1340 g/mol. The Bertz CT molecular complexity index is 3420. The number of benzene rings is 2. The molecule has 9 amide bonds. The summed E-state index contributed by atoms with van der Waals surface area (Å²) in [5, 5.41) is 20.2. The van der Waals surface area contributed by atoms with E-state index >= 15 is 0 Å². The second-order valence-corrected chi connectivity index (χ2v) is 22.4. The van der Waals surface area contributed by atoms with Gasteiger partial charge in [0.05, 0.1) is 74.4 Å². The Labute approximate surface area is 555 Å². The molecule has 3 aliphatic rings. The largest absolute Gasteiger partial charge is 0.497 e. The molecule has 4 N–H and O–H groups in total. The first-order valence-electron chi connectivity index (χ1n) is 30.3. The lowest BCUT2D eigenvalue weighted by Gasteiger charge is -2.29. The molecule has 0 aliphatic carbocycles. The number of aromatic nitrogens is 3. The van der Waals surface area contributed by atoms with E-state index in [1.54, 1.807) is 38.1 Å². The second kappa shape index (κ2) is 40.2. The van der Waals surface area contributed by atoms with E-state index < -0.39 is 59.5 Å². The van der Waals surface area contributed by atoms with Gasteiger partial charge in [-0.3, -0.25) is 82.7 Å². The molecular weight excluding hydrogens is 1260 g/mol. The van der Waals surface area contributed by atoms with Gasteiger partial charge in [0.25, 0.3) is 23.6 Å². The maximum atomic E-state index is 13.4. The summed E-state index contributed by atoms with van der Waals surface area (Å²) in [5.74, 6) is -2.61. The van der Waals surface area contributed by atoms with Crippen molar-refractivity contribution in [3.63, 3.8) is 0 Å². The first-order chi connectivity index (χ1) is 45.1. The van der Waals surface area contributed by atoms with Crippen molar-refractivity contribution in [3.05, 3.63) is 128 Å². The first kappa shape index (κ1) is 77.5. The summed E-state index contributed by atoms with van der Waals surface area (Å²) in [6, 6.07) is 9.90. The topological polar surface area (TPSA) is 341 Å². The number of aliphatic imine (C=N–C) groups is 1. The molecule has 0 radical (unpaired) electrons. The lowest BCUT2D eigenvalue weighted by atomic mass is 9.99. The third-order valence-electron chi connectivity index (χ3n) is 14.1. The number of thiophene rings is 1. The number of carbonyl (C=O) groups excluding carboxylic acids is 11. The minimum Gasteiger partial charge on any atom is -0.497 e. The number of nitrogens with one attached hydrogen (secondary N) is 4. The van der Waals surface area contributed by atoms with Crippen LogP contribution >= 0.6 is 22.9 Å². The number of imide groups is 4. The van der Waals surface area contributed by atoms with Crippen molar-refractivity contribution in [2.75, 3.05) is 80.6 Å². The molecule has 0 saturated carbocycles. The van der Waals surface area contributed by atoms with Gasteiger partial charge in [0.2, 0.25) is 30.5 Å². The van der Waals surface area contributed by atoms with Gasteiger partial charge in [0.1, 0.15) is 41.0 Å². The van der Waals surface area contributed by atoms with E-state index in [9.17, 15) is 52.7 Å². The van der Waals surface area contributed by atoms with E-state index in [-0.39, 0.29) is 85.7 Å². The molecule has 27 nitrogen and oxygen atoms in total. The fourth-order valence-electron chi connectivity index (χ4n) is 9.46. The zero-order valence-corrected chi connectivity index (χ0v) is 56.0. The standard InChI is InChI=1S/C31H41ClN6O6S.C16H16N2O6.C15H18N2O5.C3H8/c1-20-26-27(22-7-9-23(32)10-8-22)35-24(19-25(39)41-4)29-37-36-21(2)38(29)31(26)45-28(20)30(40)34-12-6-14-43-16-18-44-17-15-42-13-5-11-33-3;1-10-3-2-4-12(24-8-7-19)14(10)16(23)18(9-20)11-5-6-13(21)17-15(11)22;1-5-11-13(10(3)22-4)15(21)17(14(11)20)9(2)6-7-12(19)16-8-18;1-3-2/h7-10,24,33H,5-6,11-19H2,1-4H3,(H,34,40);2-4,7,9,11H,5-6,8H2,1H3,(H,17,21,22);5,8-9H,1,3,6-7H2,2,4H3,(H,16,18,19);3H2,1-2H3/t24-;;;/m1.../s1. The molecule has 3 atom stereocenters. The zero-order valence-electron chi connectivity index (χ0n) is 54.4. The average molecular weight is 1340 g/mol. The van der Waals surface area contributed by atoms with Crippen molar-refractivity contribution >= 4 is 95.1 Å². The number of nitrogens with zero attached hydrogens (tertiary/aromatic N) is 6. The summed E-state index contributed by atoms with van der Waals surface area (Å²) in [6.45, 7) is 22.9. The Balaban J connectivity index is 0.000000323. The van der Waals surface area contributed by atoms with Crippen LogP contribution in [-0.4, -0.2) is 189 Å². The molecule has 508 valence electrons. The number of amides is 9. The molecule has 29 heteroatoms. The summed E-state index contributed by atoms with van der Waals surface area (Å²) in [7, 11) is 4.62. The minimum atomic E-state index is -1.06. The molecule has 5 heterocycles. The SMILES string of the molecule is C=CC1=C(C(=C)OC)C(=O)N(C(C)CCC(=O)NC=O)C1=O.CCC.CNCCCOCCOCCOCCCNC(=O)c1sc2c(c1C)C(c1ccc(Cl)cc1)=N[C@H](CC(=O)OC)c1nnc(C)n1-2.Cc1cccc(OCC=O)c1C(=O)N(C=O)C1CCC(=O)NC1=O. The van der Waals surface area contributed by atoms with Gasteiger partial charge in [-0.2, -0.15) is 0 Å². The smallest absolute Gasteiger partial charge is 0.308 e. The highest BCUT2D eigenvalue weighted by molar-refractivity contribution is 7.17. The highest BCUT2D eigenvalue weighted by atomic mass is 35.5. The van der Waals surface area contributed by atoms with E-state index in [0.29, 0.717) is 85.1 Å². The van der Waals surface area contributed by atoms with Crippen molar-refractivity contribution in [2.45, 2.75) is 111 Å². The lowest BCUT2D eigenvalue weighted by Crippen LogP contribution is -2.54. The number of halogens is 1. The van der Waals surface area contributed by atoms with E-state index in [4.69, 9.17) is 45.0 Å². The molecule has 0 bridgehead atoms. The van der Waals surface area contributed by atoms with Crippen LogP contribution < -0.4 is 26.0 Å². The zero-order chi connectivity index (χ0) is 69.4. The molecule has 2 aromatic carbocycles. The minimum absolute atomic E-state index is 0.00706. The third-order valence-corrected chi connectivity index (χ3v) is 15.6. The van der Waals surface area contributed by atoms with Gasteiger partial charge >= 0.3 is 5.97 Å². The van der Waals surface area contributed by atoms with Crippen LogP contribution in [0, 0.1) is 20.8 Å². The van der Waals surface area contributed by atoms with Crippen LogP contribution in [0.3, 0.4) is 0 Å². The maximum absolute atomic E-state index is 13.4. The predicted molar refractivity (Wildman–Crippen MR) is 348 cm³/mol. The van der Waals surface area contributed by atoms with Gasteiger partial charge in [-0.05, 0) is 96.3 Å². The fraction of sp³-hybridized carbons (Fsp3) is 0.446. The van der Waals surface area contributed by atoms with Crippen molar-refractivity contribution in [1.82, 2.24) is 45.8 Å². The van der Waals surface area contributed by atoms with Crippen LogP contribution in [0.5, 0.6) is 5.75 Å². The highest BCUT2D eigenvalue weighted by Crippen LogP contribution is 2.40. The molecule has 3 aliphatic heterocycles. The van der Waals surface area contributed by atoms with Crippen LogP contribution in [0.1, 0.15) is 132 Å². The van der Waals surface area contributed by atoms with E-state index in [2.05, 4.69) is 53.2 Å². The summed E-state index contributed by atoms with van der Waals surface area (Å²) in [6.07, 6.45) is 5.59. The predicted octanol–water partition coefficient (Wildman–Crippen LogP) is 5.67. The molecular formula is C65H83ClN10O17S. The number of rotatable bonds is 32. The number of esters is 1. The number of hydrogen-bond donors (Lipinski definition) is 4. The van der Waals surface area contributed by atoms with Crippen molar-refractivity contribution in [2.24, 2.45) is 4.99 Å². The summed E-state index contributed by atoms with van der Waals surface area (Å²) >= 11 is 7.54. The van der Waals surface area contributed by atoms with Gasteiger partial charge < -0.3 is 39.1 Å². The van der Waals surface area contributed by atoms with E-state index in [1.165, 1.54) is 44.1 Å². The normalized spacial score (nSPS) is 14.9. The van der Waals surface area contributed by atoms with Gasteiger partial charge in [-0.1, -0.05) is 75.4 Å². The van der Waals surface area contributed by atoms with Crippen molar-refractivity contribution < 1.29 is 81.2 Å². The Morgan fingerprint density at radius 1 is 0.894 bits per heavy atom. The lowest BCUT2D eigenvalue weighted by molar-refractivity contribution is -0.141. The number of piperidine rings is 1. The highest BCUT2D eigenvalue weighted by Gasteiger charge is 2.42. The van der Waals surface area contributed by atoms with Crippen molar-refractivity contribution in [1.29, 1.82) is 0 Å². The molecule has 0 spiro atoms. The molecule has 94 heavy (non-hydrogen) atoms. The number of methoxy groups -OCH3 is 2. The maximum Gasteiger partial charge on any atom is 0.308 e. The molecule has 7 rings (SSSR count). The molecule has 4 aromatic rings. The Kier molecular flexibility index (Phi) is 33.2. The number of aldehydes is 1. The van der Waals surface area contributed by atoms with Crippen LogP contribution in [0.15, 0.2) is 83.6 Å². The molecule has 1 fully saturated rings. The third kappa shape index (κ3) is 21.6. The number of fused-ring (bicyclic) bond motifs is 3. The molecule has 2 aromatic heterocycles. The van der Waals surface area contributed by atoms with Gasteiger partial charge in [-0.15, -0.1) is 21.5 Å². The summed E-state index contributed by atoms with van der Waals surface area (Å²) in [4.78, 5) is 137. The number of carbonyl (C=O) groups is 11. The van der Waals surface area contributed by atoms with Crippen LogP contribution in [0.4, 0.5) is 0 Å². The second-order valence-electron chi connectivity index (χ2n) is 21.0. The number of aryl methyl sites for hydroxylation is 2. The van der Waals surface area contributed by atoms with E-state index in [1.807, 2.05) is 42.9 Å². The first-order valence-corrected chi connectivity index (χ1v) is 31.5. The average Bonchev–Trinajstić information content (AvgIpc) is 1.58.